The summed E-state index contributed by atoms with van der Waals surface area (Å²) in [6.07, 6.45) is 1.70. The summed E-state index contributed by atoms with van der Waals surface area (Å²) in [4.78, 5) is 37.5. The lowest BCUT2D eigenvalue weighted by Gasteiger charge is -2.13. The van der Waals surface area contributed by atoms with Crippen LogP contribution in [0.25, 0.3) is 0 Å². The Morgan fingerprint density at radius 2 is 1.48 bits per heavy atom. The minimum Gasteiger partial charge on any atom is -0.354 e. The van der Waals surface area contributed by atoms with Crippen LogP contribution in [0, 0.1) is 0 Å². The molecule has 1 aliphatic rings. The Morgan fingerprint density at radius 1 is 0.920 bits per heavy atom. The molecule has 1 aliphatic heterocycles. The zero-order valence-corrected chi connectivity index (χ0v) is 14.1. The summed E-state index contributed by atoms with van der Waals surface area (Å²) in [6.45, 7) is 2.32. The number of aryl methyl sites for hydroxylation is 1. The molecule has 0 radical (unpaired) electrons. The predicted octanol–water partition coefficient (Wildman–Crippen LogP) is 2.20. The number of nitrogens with one attached hydrogen (secondary N) is 1. The molecule has 1 heterocycles. The van der Waals surface area contributed by atoms with E-state index >= 15 is 0 Å². The number of hydrogen-bond donors (Lipinski definition) is 1. The smallest absolute Gasteiger partial charge is 0.262 e. The Bertz CT molecular complexity index is 777. The topological polar surface area (TPSA) is 66.5 Å². The molecule has 0 saturated carbocycles. The van der Waals surface area contributed by atoms with Gasteiger partial charge in [-0.25, -0.2) is 0 Å². The Balaban J connectivity index is 1.51. The Hall–Kier alpha value is -2.95. The van der Waals surface area contributed by atoms with Crippen molar-refractivity contribution in [2.75, 3.05) is 13.1 Å². The number of imide groups is 1. The quantitative estimate of drug-likeness (QED) is 0.823. The van der Waals surface area contributed by atoms with Crippen molar-refractivity contribution in [3.8, 4) is 0 Å². The van der Waals surface area contributed by atoms with Crippen LogP contribution >= 0.6 is 0 Å². The Morgan fingerprint density at radius 3 is 2.04 bits per heavy atom. The third kappa shape index (κ3) is 3.60. The second-order valence-corrected chi connectivity index (χ2v) is 6.01. The number of rotatable bonds is 6. The maximum Gasteiger partial charge on any atom is 0.262 e. The first-order chi connectivity index (χ1) is 12.1. The van der Waals surface area contributed by atoms with Gasteiger partial charge in [0.05, 0.1) is 11.1 Å². The largest absolute Gasteiger partial charge is 0.354 e. The maximum absolute atomic E-state index is 12.2. The molecular formula is C20H20N2O3. The number of amides is 3. The number of nitrogens with zero attached hydrogens (tertiary/aromatic N) is 1. The van der Waals surface area contributed by atoms with Crippen LogP contribution in [0.4, 0.5) is 0 Å². The highest BCUT2D eigenvalue weighted by Gasteiger charge is 2.36. The summed E-state index contributed by atoms with van der Waals surface area (Å²) in [6, 6.07) is 14.9. The predicted molar refractivity (Wildman–Crippen MR) is 94.3 cm³/mol. The summed E-state index contributed by atoms with van der Waals surface area (Å²) in [7, 11) is 0. The van der Waals surface area contributed by atoms with Crippen LogP contribution in [0.3, 0.4) is 0 Å². The van der Waals surface area contributed by atoms with Crippen molar-refractivity contribution in [2.24, 2.45) is 0 Å². The lowest BCUT2D eigenvalue weighted by Crippen LogP contribution is -2.40. The second kappa shape index (κ2) is 7.30. The van der Waals surface area contributed by atoms with E-state index < -0.39 is 11.8 Å². The minimum absolute atomic E-state index is 0.249. The van der Waals surface area contributed by atoms with Crippen molar-refractivity contribution in [2.45, 2.75) is 19.8 Å². The highest BCUT2D eigenvalue weighted by Crippen LogP contribution is 2.21. The molecule has 3 rings (SSSR count). The average molecular weight is 336 g/mol. The molecule has 0 aromatic heterocycles. The fraction of sp³-hybridized carbons (Fsp3) is 0.250. The fourth-order valence-corrected chi connectivity index (χ4v) is 2.87. The van der Waals surface area contributed by atoms with Gasteiger partial charge in [-0.3, -0.25) is 19.3 Å². The molecule has 1 N–H and O–H groups in total. The van der Waals surface area contributed by atoms with Gasteiger partial charge in [0.15, 0.2) is 0 Å². The molecule has 0 spiro atoms. The van der Waals surface area contributed by atoms with Gasteiger partial charge in [-0.15, -0.1) is 0 Å². The van der Waals surface area contributed by atoms with E-state index in [9.17, 15) is 14.4 Å². The lowest BCUT2D eigenvalue weighted by molar-refractivity contribution is -0.121. The Labute approximate surface area is 146 Å². The fourth-order valence-electron chi connectivity index (χ4n) is 2.87. The molecule has 2 aromatic carbocycles. The van der Waals surface area contributed by atoms with E-state index in [4.69, 9.17) is 0 Å². The van der Waals surface area contributed by atoms with Crippen LogP contribution in [-0.2, 0) is 17.6 Å². The molecular weight excluding hydrogens is 316 g/mol. The van der Waals surface area contributed by atoms with E-state index in [0.29, 0.717) is 24.1 Å². The first-order valence-electron chi connectivity index (χ1n) is 8.40. The molecule has 0 fully saturated rings. The van der Waals surface area contributed by atoms with Crippen molar-refractivity contribution < 1.29 is 14.4 Å². The van der Waals surface area contributed by atoms with E-state index in [-0.39, 0.29) is 12.5 Å². The molecule has 5 heteroatoms. The van der Waals surface area contributed by atoms with Gasteiger partial charge in [0.2, 0.25) is 5.91 Å². The first-order valence-corrected chi connectivity index (χ1v) is 8.40. The summed E-state index contributed by atoms with van der Waals surface area (Å²) in [5.74, 6) is -1.16. The van der Waals surface area contributed by atoms with Crippen LogP contribution in [0.1, 0.15) is 38.8 Å². The van der Waals surface area contributed by atoms with Crippen molar-refractivity contribution in [3.63, 3.8) is 0 Å². The molecule has 0 bridgehead atoms. The summed E-state index contributed by atoms with van der Waals surface area (Å²) in [5, 5.41) is 2.77. The minimum atomic E-state index is -0.411. The van der Waals surface area contributed by atoms with Gasteiger partial charge in [0.1, 0.15) is 6.54 Å². The third-order valence-electron chi connectivity index (χ3n) is 4.35. The van der Waals surface area contributed by atoms with Crippen molar-refractivity contribution in [1.29, 1.82) is 0 Å². The summed E-state index contributed by atoms with van der Waals surface area (Å²) >= 11 is 0. The highest BCUT2D eigenvalue weighted by molar-refractivity contribution is 6.22. The van der Waals surface area contributed by atoms with Gasteiger partial charge < -0.3 is 5.32 Å². The maximum atomic E-state index is 12.2. The zero-order chi connectivity index (χ0) is 17.8. The van der Waals surface area contributed by atoms with Gasteiger partial charge in [0.25, 0.3) is 11.8 Å². The van der Waals surface area contributed by atoms with Crippen molar-refractivity contribution in [3.05, 3.63) is 70.8 Å². The van der Waals surface area contributed by atoms with Crippen molar-refractivity contribution >= 4 is 17.7 Å². The average Bonchev–Trinajstić information content (AvgIpc) is 2.88. The second-order valence-electron chi connectivity index (χ2n) is 6.01. The molecule has 2 aromatic rings. The van der Waals surface area contributed by atoms with E-state index in [1.807, 2.05) is 0 Å². The number of hydrogen-bond acceptors (Lipinski definition) is 3. The van der Waals surface area contributed by atoms with Crippen LogP contribution < -0.4 is 5.32 Å². The highest BCUT2D eigenvalue weighted by atomic mass is 16.2. The SMILES string of the molecule is CCc1ccc(CCNC(=O)CN2C(=O)c3ccccc3C2=O)cc1. The normalized spacial score (nSPS) is 13.1. The molecule has 5 nitrogen and oxygen atoms in total. The number of carbonyl (C=O) groups is 3. The van der Waals surface area contributed by atoms with Gasteiger partial charge in [0, 0.05) is 6.54 Å². The molecule has 0 unspecified atom stereocenters. The van der Waals surface area contributed by atoms with E-state index in [0.717, 1.165) is 16.9 Å². The van der Waals surface area contributed by atoms with E-state index in [1.54, 1.807) is 24.3 Å². The third-order valence-corrected chi connectivity index (χ3v) is 4.35. The van der Waals surface area contributed by atoms with Crippen LogP contribution in [0.5, 0.6) is 0 Å². The van der Waals surface area contributed by atoms with Crippen LogP contribution in [0.2, 0.25) is 0 Å². The molecule has 3 amide bonds. The van der Waals surface area contributed by atoms with Crippen LogP contribution in [0.15, 0.2) is 48.5 Å². The van der Waals surface area contributed by atoms with Gasteiger partial charge in [-0.1, -0.05) is 43.3 Å². The standard InChI is InChI=1S/C20H20N2O3/c1-2-14-7-9-15(10-8-14)11-12-21-18(23)13-22-19(24)16-5-3-4-6-17(16)20(22)25/h3-10H,2,11-13H2,1H3,(H,21,23). The van der Waals surface area contributed by atoms with Crippen LogP contribution in [-0.4, -0.2) is 35.7 Å². The molecule has 128 valence electrons. The van der Waals surface area contributed by atoms with E-state index in [2.05, 4.69) is 36.5 Å². The first kappa shape index (κ1) is 16.9. The molecule has 25 heavy (non-hydrogen) atoms. The summed E-state index contributed by atoms with van der Waals surface area (Å²) in [5.41, 5.74) is 3.13. The zero-order valence-electron chi connectivity index (χ0n) is 14.1. The monoisotopic (exact) mass is 336 g/mol. The molecule has 0 saturated heterocycles. The lowest BCUT2D eigenvalue weighted by atomic mass is 10.1. The van der Waals surface area contributed by atoms with Gasteiger partial charge in [-0.2, -0.15) is 0 Å². The molecule has 0 atom stereocenters. The summed E-state index contributed by atoms with van der Waals surface area (Å²) < 4.78 is 0. The molecule has 0 aliphatic carbocycles. The van der Waals surface area contributed by atoms with Gasteiger partial charge >= 0.3 is 0 Å². The van der Waals surface area contributed by atoms with E-state index in [1.165, 1.54) is 5.56 Å². The number of carbonyl (C=O) groups excluding carboxylic acids is 3. The van der Waals surface area contributed by atoms with Crippen molar-refractivity contribution in [1.82, 2.24) is 10.2 Å². The number of fused-ring (bicyclic) bond motifs is 1. The number of benzene rings is 2. The Kier molecular flexibility index (Phi) is 4.93. The van der Waals surface area contributed by atoms with Gasteiger partial charge in [-0.05, 0) is 36.1 Å².